The average Bonchev–Trinajstić information content (AvgIpc) is 3.25. The van der Waals surface area contributed by atoms with E-state index in [9.17, 15) is 24.9 Å². The van der Waals surface area contributed by atoms with E-state index in [0.717, 1.165) is 50.5 Å². The zero-order valence-corrected chi connectivity index (χ0v) is 35.3. The predicted molar refractivity (Wildman–Crippen MR) is 243 cm³/mol. The lowest BCUT2D eigenvalue weighted by atomic mass is 9.86. The van der Waals surface area contributed by atoms with Gasteiger partial charge in [-0.05, 0) is 54.8 Å². The second kappa shape index (κ2) is 27.1. The Kier molecular flexibility index (Phi) is 21.2. The number of nitrogens with zero attached hydrogens (tertiary/aromatic N) is 4. The Morgan fingerprint density at radius 1 is 0.533 bits per heavy atom. The van der Waals surface area contributed by atoms with Gasteiger partial charge in [-0.25, -0.2) is 0 Å². The zero-order valence-electron chi connectivity index (χ0n) is 35.3. The van der Waals surface area contributed by atoms with Crippen LogP contribution in [0.15, 0.2) is 118 Å². The number of esters is 1. The lowest BCUT2D eigenvalue weighted by Gasteiger charge is -2.36. The number of carbonyl (C=O) groups excluding carboxylic acids is 2. The van der Waals surface area contributed by atoms with Crippen molar-refractivity contribution in [1.82, 2.24) is 4.90 Å². The number of benzene rings is 4. The molecule has 10 nitrogen and oxygen atoms in total. The van der Waals surface area contributed by atoms with Crippen LogP contribution in [0.25, 0.3) is 0 Å². The number of carbonyl (C=O) groups is 2. The van der Waals surface area contributed by atoms with Crippen LogP contribution < -0.4 is 0 Å². The molecule has 0 saturated carbocycles. The average molecular weight is 817 g/mol. The van der Waals surface area contributed by atoms with Crippen molar-refractivity contribution in [2.75, 3.05) is 33.3 Å². The summed E-state index contributed by atoms with van der Waals surface area (Å²) in [7, 11) is 1.44. The molecule has 10 heteroatoms. The normalized spacial score (nSPS) is 12.6. The third kappa shape index (κ3) is 17.6. The highest BCUT2D eigenvalue weighted by Gasteiger charge is 2.34. The van der Waals surface area contributed by atoms with Crippen LogP contribution in [0.1, 0.15) is 112 Å². The highest BCUT2D eigenvalue weighted by molar-refractivity contribution is 5.84. The quantitative estimate of drug-likeness (QED) is 0.0296. The third-order valence-corrected chi connectivity index (χ3v) is 10.6. The number of methoxy groups -OCH3 is 1. The monoisotopic (exact) mass is 816 g/mol. The molecule has 320 valence electrons. The highest BCUT2D eigenvalue weighted by atomic mass is 16.5. The molecule has 0 heterocycles. The lowest BCUT2D eigenvalue weighted by Crippen LogP contribution is -2.46. The Balaban J connectivity index is 1.47. The topological polar surface area (TPSA) is 144 Å². The largest absolute Gasteiger partial charge is 0.507 e. The number of aromatic hydroxyl groups is 3. The molecule has 4 aromatic rings. The van der Waals surface area contributed by atoms with Crippen LogP contribution in [0.5, 0.6) is 17.2 Å². The molecule has 0 spiro atoms. The molecular formula is C50H64N4O6. The lowest BCUT2D eigenvalue weighted by molar-refractivity contribution is -0.140. The van der Waals surface area contributed by atoms with E-state index in [1.54, 1.807) is 73.2 Å². The van der Waals surface area contributed by atoms with E-state index in [2.05, 4.69) is 0 Å². The molecule has 0 aliphatic rings. The van der Waals surface area contributed by atoms with Gasteiger partial charge in [0.15, 0.2) is 0 Å². The molecular weight excluding hydrogens is 753 g/mol. The van der Waals surface area contributed by atoms with Gasteiger partial charge in [0.25, 0.3) is 0 Å². The van der Waals surface area contributed by atoms with E-state index in [1.165, 1.54) is 39.2 Å². The highest BCUT2D eigenvalue weighted by Crippen LogP contribution is 2.26. The summed E-state index contributed by atoms with van der Waals surface area (Å²) in [6.07, 6.45) is 19.1. The molecule has 0 aliphatic carbocycles. The standard InChI is InChI=1S/C50H64N4O6/c1-60-49(59)32-16-11-9-7-5-3-2-4-6-8-10-15-31-48(58)54(36-41-23-13-12-14-24-41)40-50(37-51-33-42-25-17-20-28-45(42)55,38-52-34-43-26-18-21-29-46(43)56)39-53-35-44-27-19-22-30-47(44)57/h12-14,17-30,33-35,55-57H,2-11,15-16,31-32,36-40H2,1H3. The smallest absolute Gasteiger partial charge is 0.305 e. The van der Waals surface area contributed by atoms with Crippen LogP contribution in [0.4, 0.5) is 0 Å². The van der Waals surface area contributed by atoms with Crippen molar-refractivity contribution >= 4 is 30.5 Å². The van der Waals surface area contributed by atoms with Gasteiger partial charge in [0, 0.05) is 86.3 Å². The summed E-state index contributed by atoms with van der Waals surface area (Å²) in [6.45, 7) is 1.38. The van der Waals surface area contributed by atoms with E-state index < -0.39 is 5.41 Å². The maximum Gasteiger partial charge on any atom is 0.305 e. The van der Waals surface area contributed by atoms with Crippen LogP contribution in [0, 0.1) is 5.41 Å². The first-order chi connectivity index (χ1) is 29.3. The fourth-order valence-corrected chi connectivity index (χ4v) is 7.12. The number of phenolic OH excluding ortho intramolecular Hbond substituents is 3. The van der Waals surface area contributed by atoms with Crippen LogP contribution >= 0.6 is 0 Å². The second-order valence-electron chi connectivity index (χ2n) is 15.6. The Morgan fingerprint density at radius 2 is 0.900 bits per heavy atom. The summed E-state index contributed by atoms with van der Waals surface area (Å²) in [4.78, 5) is 42.0. The third-order valence-electron chi connectivity index (χ3n) is 10.6. The van der Waals surface area contributed by atoms with Gasteiger partial charge >= 0.3 is 5.97 Å². The number of para-hydroxylation sites is 3. The van der Waals surface area contributed by atoms with Crippen molar-refractivity contribution < 1.29 is 29.6 Å². The number of unbranched alkanes of at least 4 members (excludes halogenated alkanes) is 11. The summed E-state index contributed by atoms with van der Waals surface area (Å²) >= 11 is 0. The van der Waals surface area contributed by atoms with Crippen molar-refractivity contribution in [3.05, 3.63) is 125 Å². The molecule has 0 bridgehead atoms. The number of ether oxygens (including phenoxy) is 1. The summed E-state index contributed by atoms with van der Waals surface area (Å²) in [6, 6.07) is 31.0. The van der Waals surface area contributed by atoms with Gasteiger partial charge in [0.2, 0.25) is 5.91 Å². The molecule has 0 atom stereocenters. The molecule has 0 radical (unpaired) electrons. The van der Waals surface area contributed by atoms with E-state index in [4.69, 9.17) is 19.7 Å². The SMILES string of the molecule is COC(=O)CCCCCCCCCCCCCCC(=O)N(Cc1ccccc1)CC(CN=Cc1ccccc1O)(CN=Cc1ccccc1O)CN=Cc1ccccc1O. The maximum atomic E-state index is 14.3. The van der Waals surface area contributed by atoms with Crippen molar-refractivity contribution in [1.29, 1.82) is 0 Å². The van der Waals surface area contributed by atoms with E-state index in [0.29, 0.717) is 42.6 Å². The summed E-state index contributed by atoms with van der Waals surface area (Å²) < 4.78 is 4.71. The minimum Gasteiger partial charge on any atom is -0.507 e. The molecule has 0 fully saturated rings. The van der Waals surface area contributed by atoms with Gasteiger partial charge in [-0.2, -0.15) is 0 Å². The molecule has 1 amide bonds. The summed E-state index contributed by atoms with van der Waals surface area (Å²) in [5.41, 5.74) is 1.92. The predicted octanol–water partition coefficient (Wildman–Crippen LogP) is 10.1. The second-order valence-corrected chi connectivity index (χ2v) is 15.6. The number of rotatable bonds is 28. The molecule has 0 aromatic heterocycles. The number of aliphatic imine (C=N–C) groups is 3. The van der Waals surface area contributed by atoms with E-state index >= 15 is 0 Å². The molecule has 0 saturated heterocycles. The van der Waals surface area contributed by atoms with E-state index in [1.807, 2.05) is 53.4 Å². The van der Waals surface area contributed by atoms with Gasteiger partial charge in [0.1, 0.15) is 17.2 Å². The molecule has 3 N–H and O–H groups in total. The zero-order chi connectivity index (χ0) is 42.7. The minimum atomic E-state index is -0.809. The first-order valence-corrected chi connectivity index (χ1v) is 21.5. The molecule has 0 aliphatic heterocycles. The molecule has 4 rings (SSSR count). The first-order valence-electron chi connectivity index (χ1n) is 21.5. The van der Waals surface area contributed by atoms with Gasteiger partial charge in [0.05, 0.1) is 7.11 Å². The summed E-state index contributed by atoms with van der Waals surface area (Å²) in [5.74, 6) is 0.269. The molecule has 60 heavy (non-hydrogen) atoms. The first kappa shape index (κ1) is 46.9. The maximum absolute atomic E-state index is 14.3. The molecule has 0 unspecified atom stereocenters. The van der Waals surface area contributed by atoms with E-state index in [-0.39, 0.29) is 48.8 Å². The van der Waals surface area contributed by atoms with Crippen molar-refractivity contribution in [2.45, 2.75) is 96.4 Å². The van der Waals surface area contributed by atoms with Crippen molar-refractivity contribution in [2.24, 2.45) is 20.4 Å². The van der Waals surface area contributed by atoms with Crippen molar-refractivity contribution in [3.63, 3.8) is 0 Å². The minimum absolute atomic E-state index is 0.0499. The number of amides is 1. The van der Waals surface area contributed by atoms with Crippen LogP contribution in [-0.4, -0.2) is 84.0 Å². The van der Waals surface area contributed by atoms with Crippen LogP contribution in [0.3, 0.4) is 0 Å². The summed E-state index contributed by atoms with van der Waals surface area (Å²) in [5, 5.41) is 31.5. The number of phenols is 3. The van der Waals surface area contributed by atoms with Gasteiger partial charge in [-0.3, -0.25) is 24.6 Å². The Hall–Kier alpha value is -5.77. The van der Waals surface area contributed by atoms with Gasteiger partial charge < -0.3 is 25.0 Å². The molecule has 4 aromatic carbocycles. The van der Waals surface area contributed by atoms with Crippen LogP contribution in [-0.2, 0) is 20.9 Å². The van der Waals surface area contributed by atoms with Crippen molar-refractivity contribution in [3.8, 4) is 17.2 Å². The van der Waals surface area contributed by atoms with Crippen LogP contribution in [0.2, 0.25) is 0 Å². The fourth-order valence-electron chi connectivity index (χ4n) is 7.12. The van der Waals surface area contributed by atoms with Gasteiger partial charge in [-0.15, -0.1) is 0 Å². The Morgan fingerprint density at radius 3 is 1.30 bits per heavy atom. The fraction of sp³-hybridized carbons (Fsp3) is 0.420. The number of hydrogen-bond donors (Lipinski definition) is 3. The Bertz CT molecular complexity index is 1810. The number of hydrogen-bond acceptors (Lipinski definition) is 9. The Labute approximate surface area is 356 Å². The van der Waals surface area contributed by atoms with Gasteiger partial charge in [-0.1, -0.05) is 131 Å².